The quantitative estimate of drug-likeness (QED) is 0.421. The van der Waals surface area contributed by atoms with Crippen LogP contribution in [-0.2, 0) is 19.1 Å². The fourth-order valence-electron chi connectivity index (χ4n) is 3.65. The van der Waals surface area contributed by atoms with E-state index in [0.717, 1.165) is 0 Å². The summed E-state index contributed by atoms with van der Waals surface area (Å²) < 4.78 is 5.41. The van der Waals surface area contributed by atoms with Crippen molar-refractivity contribution in [2.45, 2.75) is 73.0 Å². The molecule has 0 aliphatic carbocycles. The van der Waals surface area contributed by atoms with Gasteiger partial charge in [0, 0.05) is 11.8 Å². The van der Waals surface area contributed by atoms with Crippen LogP contribution in [0.3, 0.4) is 0 Å². The van der Waals surface area contributed by atoms with Crippen molar-refractivity contribution in [3.63, 3.8) is 0 Å². The van der Waals surface area contributed by atoms with Crippen LogP contribution in [0.25, 0.3) is 0 Å². The predicted molar refractivity (Wildman–Crippen MR) is 99.4 cm³/mol. The number of nitroso groups, excluding NO2 is 1. The Morgan fingerprint density at radius 1 is 1.08 bits per heavy atom. The van der Waals surface area contributed by atoms with E-state index in [9.17, 15) is 19.3 Å². The van der Waals surface area contributed by atoms with Crippen LogP contribution in [0.5, 0.6) is 0 Å². The lowest BCUT2D eigenvalue weighted by molar-refractivity contribution is -0.157. The zero-order valence-electron chi connectivity index (χ0n) is 16.7. The van der Waals surface area contributed by atoms with E-state index in [2.05, 4.69) is 5.18 Å². The number of carbonyl (C=O) groups is 3. The van der Waals surface area contributed by atoms with Crippen molar-refractivity contribution >= 4 is 17.5 Å². The third-order valence-electron chi connectivity index (χ3n) is 5.21. The van der Waals surface area contributed by atoms with Crippen LogP contribution in [-0.4, -0.2) is 29.7 Å². The van der Waals surface area contributed by atoms with Gasteiger partial charge in [-0.15, -0.1) is 0 Å². The van der Waals surface area contributed by atoms with Gasteiger partial charge in [-0.2, -0.15) is 4.91 Å². The number of Topliss-reactive ketones (excluding diaryl/α,β-unsaturated/α-hetero) is 2. The summed E-state index contributed by atoms with van der Waals surface area (Å²) in [4.78, 5) is 48.8. The van der Waals surface area contributed by atoms with Crippen molar-refractivity contribution in [1.29, 1.82) is 0 Å². The van der Waals surface area contributed by atoms with Gasteiger partial charge in [0.2, 0.25) is 0 Å². The van der Waals surface area contributed by atoms with E-state index < -0.39 is 24.0 Å². The topological polar surface area (TPSA) is 89.9 Å². The fourth-order valence-corrected chi connectivity index (χ4v) is 3.65. The zero-order valence-corrected chi connectivity index (χ0v) is 16.7. The minimum Gasteiger partial charge on any atom is -0.459 e. The normalized spacial score (nSPS) is 37.3. The highest BCUT2D eigenvalue weighted by Crippen LogP contribution is 2.26. The summed E-state index contributed by atoms with van der Waals surface area (Å²) in [5.74, 6) is -2.09. The molecule has 1 aliphatic heterocycles. The molecule has 1 heterocycles. The first-order chi connectivity index (χ1) is 12.1. The molecular weight excluding hydrogens is 334 g/mol. The molecule has 0 N–H and O–H groups in total. The van der Waals surface area contributed by atoms with Crippen molar-refractivity contribution < 1.29 is 19.1 Å². The number of ketones is 2. The van der Waals surface area contributed by atoms with Gasteiger partial charge in [0.1, 0.15) is 23.8 Å². The van der Waals surface area contributed by atoms with E-state index in [-0.39, 0.29) is 29.3 Å². The van der Waals surface area contributed by atoms with Crippen LogP contribution in [0.1, 0.15) is 60.8 Å². The third-order valence-corrected chi connectivity index (χ3v) is 5.21. The summed E-state index contributed by atoms with van der Waals surface area (Å²) in [6.07, 6.45) is 2.33. The number of ether oxygens (including phenoxy) is 1. The summed E-state index contributed by atoms with van der Waals surface area (Å²) in [6, 6.07) is -0.944. The van der Waals surface area contributed by atoms with Crippen LogP contribution in [0, 0.1) is 28.6 Å². The SMILES string of the molecule is CCC1OC(=O)C(C)C(=O)C(C)CC(C)C[C@@H](C)C(=O)/C(C)=C/C1N=O. The summed E-state index contributed by atoms with van der Waals surface area (Å²) in [5.41, 5.74) is 0.457. The van der Waals surface area contributed by atoms with Gasteiger partial charge in [-0.3, -0.25) is 14.4 Å². The number of rotatable bonds is 2. The molecule has 0 aromatic carbocycles. The Hall–Kier alpha value is -1.85. The summed E-state index contributed by atoms with van der Waals surface area (Å²) in [6.45, 7) is 10.6. The third kappa shape index (κ3) is 5.58. The van der Waals surface area contributed by atoms with Gasteiger partial charge < -0.3 is 4.74 Å². The lowest BCUT2D eigenvalue weighted by atomic mass is 9.82. The average molecular weight is 365 g/mol. The molecule has 0 saturated heterocycles. The first kappa shape index (κ1) is 22.2. The highest BCUT2D eigenvalue weighted by atomic mass is 16.5. The standard InChI is InChI=1S/C20H31NO5/c1-7-17-16(21-25)10-14(5)18(22)12(3)8-11(2)9-13(4)19(23)15(6)20(24)26-17/h10-13,15-17H,7-9H2,1-6H3/b14-10+/t11?,12-,13?,15?,16?,17?/m1/s1. The number of nitrogens with zero attached hydrogens (tertiary/aromatic N) is 1. The Labute approximate surface area is 155 Å². The number of carbonyl (C=O) groups excluding carboxylic acids is 3. The highest BCUT2D eigenvalue weighted by molar-refractivity contribution is 5.99. The van der Waals surface area contributed by atoms with Crippen LogP contribution in [0.2, 0.25) is 0 Å². The molecule has 0 fully saturated rings. The van der Waals surface area contributed by atoms with Gasteiger partial charge >= 0.3 is 5.97 Å². The van der Waals surface area contributed by atoms with Crippen molar-refractivity contribution in [3.05, 3.63) is 16.6 Å². The number of cyclic esters (lactones) is 1. The molecule has 0 spiro atoms. The minimum absolute atomic E-state index is 0.0453. The Balaban J connectivity index is 3.26. The van der Waals surface area contributed by atoms with Gasteiger partial charge in [0.15, 0.2) is 5.78 Å². The second-order valence-corrected chi connectivity index (χ2v) is 7.70. The molecule has 0 aromatic heterocycles. The molecule has 0 saturated carbocycles. The molecule has 1 rings (SSSR count). The molecule has 0 radical (unpaired) electrons. The molecule has 6 atom stereocenters. The molecule has 146 valence electrons. The Morgan fingerprint density at radius 3 is 2.19 bits per heavy atom. The minimum atomic E-state index is -0.944. The van der Waals surface area contributed by atoms with Gasteiger partial charge in [0.25, 0.3) is 0 Å². The Kier molecular flexibility index (Phi) is 8.31. The Morgan fingerprint density at radius 2 is 1.65 bits per heavy atom. The van der Waals surface area contributed by atoms with Gasteiger partial charge in [-0.25, -0.2) is 0 Å². The second-order valence-electron chi connectivity index (χ2n) is 7.70. The van der Waals surface area contributed by atoms with E-state index in [1.54, 1.807) is 27.7 Å². The number of hydrogen-bond acceptors (Lipinski definition) is 6. The molecule has 6 heteroatoms. The molecule has 1 aliphatic rings. The van der Waals surface area contributed by atoms with E-state index in [1.807, 2.05) is 13.8 Å². The summed E-state index contributed by atoms with van der Waals surface area (Å²) in [7, 11) is 0. The average Bonchev–Trinajstić information content (AvgIpc) is 2.60. The molecule has 5 unspecified atom stereocenters. The van der Waals surface area contributed by atoms with Crippen LogP contribution >= 0.6 is 0 Å². The van der Waals surface area contributed by atoms with Crippen LogP contribution in [0.15, 0.2) is 16.8 Å². The number of hydrogen-bond donors (Lipinski definition) is 0. The number of esters is 1. The number of allylic oxidation sites excluding steroid dienone is 1. The zero-order chi connectivity index (χ0) is 20.0. The predicted octanol–water partition coefficient (Wildman–Crippen LogP) is 3.87. The first-order valence-electron chi connectivity index (χ1n) is 9.41. The fraction of sp³-hybridized carbons (Fsp3) is 0.750. The monoisotopic (exact) mass is 365 g/mol. The molecule has 0 bridgehead atoms. The van der Waals surface area contributed by atoms with Gasteiger partial charge in [0.05, 0.1) is 0 Å². The van der Waals surface area contributed by atoms with Crippen molar-refractivity contribution in [2.24, 2.45) is 28.8 Å². The van der Waals surface area contributed by atoms with Crippen molar-refractivity contribution in [1.82, 2.24) is 0 Å². The van der Waals surface area contributed by atoms with E-state index >= 15 is 0 Å². The maximum atomic E-state index is 12.6. The maximum absolute atomic E-state index is 12.6. The van der Waals surface area contributed by atoms with Crippen LogP contribution < -0.4 is 0 Å². The summed E-state index contributed by atoms with van der Waals surface area (Å²) in [5, 5.41) is 3.05. The Bertz CT molecular complexity index is 583. The first-order valence-corrected chi connectivity index (χ1v) is 9.41. The van der Waals surface area contributed by atoms with Crippen molar-refractivity contribution in [3.8, 4) is 0 Å². The molecule has 6 nitrogen and oxygen atoms in total. The molecule has 0 aromatic rings. The lowest BCUT2D eigenvalue weighted by Gasteiger charge is -2.25. The van der Waals surface area contributed by atoms with E-state index in [0.29, 0.717) is 24.8 Å². The molecular formula is C20H31NO5. The van der Waals surface area contributed by atoms with Crippen molar-refractivity contribution in [2.75, 3.05) is 0 Å². The van der Waals surface area contributed by atoms with E-state index in [4.69, 9.17) is 4.74 Å². The van der Waals surface area contributed by atoms with Crippen LogP contribution in [0.4, 0.5) is 0 Å². The largest absolute Gasteiger partial charge is 0.459 e. The second kappa shape index (κ2) is 9.74. The smallest absolute Gasteiger partial charge is 0.316 e. The lowest BCUT2D eigenvalue weighted by Crippen LogP contribution is -2.35. The molecule has 0 amide bonds. The van der Waals surface area contributed by atoms with E-state index in [1.165, 1.54) is 6.08 Å². The van der Waals surface area contributed by atoms with Gasteiger partial charge in [-0.1, -0.05) is 32.9 Å². The highest BCUT2D eigenvalue weighted by Gasteiger charge is 2.33. The van der Waals surface area contributed by atoms with Gasteiger partial charge in [-0.05, 0) is 50.7 Å². The summed E-state index contributed by atoms with van der Waals surface area (Å²) >= 11 is 0. The maximum Gasteiger partial charge on any atom is 0.316 e. The molecule has 26 heavy (non-hydrogen) atoms.